The van der Waals surface area contributed by atoms with Crippen LogP contribution in [0.25, 0.3) is 0 Å². The largest absolute Gasteiger partial charge is 0.366 e. The lowest BCUT2D eigenvalue weighted by molar-refractivity contribution is -0.149. The fourth-order valence-electron chi connectivity index (χ4n) is 3.68. The molecule has 0 spiro atoms. The zero-order valence-corrected chi connectivity index (χ0v) is 16.7. The second-order valence-corrected chi connectivity index (χ2v) is 8.55. The van der Waals surface area contributed by atoms with Crippen molar-refractivity contribution in [2.45, 2.75) is 23.0 Å². The number of nitriles is 1. The quantitative estimate of drug-likeness (QED) is 0.766. The average Bonchev–Trinajstić information content (AvgIpc) is 3.07. The Kier molecular flexibility index (Phi) is 4.96. The maximum absolute atomic E-state index is 13.3. The topological polar surface area (TPSA) is 64.3 Å². The molecule has 1 fully saturated rings. The second-order valence-electron chi connectivity index (χ2n) is 6.70. The van der Waals surface area contributed by atoms with Gasteiger partial charge in [0.1, 0.15) is 5.82 Å². The molecule has 0 radical (unpaired) electrons. The van der Waals surface area contributed by atoms with E-state index in [1.807, 2.05) is 30.5 Å². The smallest absolute Gasteiger partial charge is 0.231 e. The number of aliphatic hydroxyl groups is 1. The predicted octanol–water partition coefficient (Wildman–Crippen LogP) is 4.19. The van der Waals surface area contributed by atoms with Gasteiger partial charge in [-0.05, 0) is 36.1 Å². The number of fused-ring (bicyclic) bond motifs is 1. The Hall–Kier alpha value is -2.27. The van der Waals surface area contributed by atoms with Gasteiger partial charge in [-0.2, -0.15) is 5.26 Å². The van der Waals surface area contributed by atoms with Crippen molar-refractivity contribution in [2.24, 2.45) is 0 Å². The normalized spacial score (nSPS) is 24.3. The van der Waals surface area contributed by atoms with E-state index >= 15 is 0 Å². The highest BCUT2D eigenvalue weighted by atomic mass is 32.2. The molecule has 2 atom stereocenters. The highest BCUT2D eigenvalue weighted by molar-refractivity contribution is 8.03. The third kappa shape index (κ3) is 3.02. The number of carbonyl (C=O) groups is 1. The van der Waals surface area contributed by atoms with Gasteiger partial charge in [-0.3, -0.25) is 9.69 Å². The van der Waals surface area contributed by atoms with E-state index in [-0.39, 0.29) is 24.0 Å². The van der Waals surface area contributed by atoms with Crippen LogP contribution < -0.4 is 0 Å². The number of halogens is 1. The van der Waals surface area contributed by atoms with Gasteiger partial charge in [0, 0.05) is 22.8 Å². The van der Waals surface area contributed by atoms with Crippen molar-refractivity contribution in [1.82, 2.24) is 4.90 Å². The number of hydrogen-bond acceptors (Lipinski definition) is 5. The van der Waals surface area contributed by atoms with Crippen molar-refractivity contribution >= 4 is 29.4 Å². The lowest BCUT2D eigenvalue weighted by Gasteiger charge is -2.38. The number of nitrogens with zero attached hydrogens (tertiary/aromatic N) is 2. The Bertz CT molecular complexity index is 999. The number of rotatable bonds is 3. The number of hydrogen-bond donors (Lipinski definition) is 1. The maximum atomic E-state index is 13.3. The average molecular weight is 413 g/mol. The fraction of sp³-hybridized carbons (Fsp3) is 0.238. The molecule has 0 unspecified atom stereocenters. The van der Waals surface area contributed by atoms with E-state index in [0.29, 0.717) is 16.2 Å². The summed E-state index contributed by atoms with van der Waals surface area (Å²) in [5, 5.41) is 21.6. The van der Waals surface area contributed by atoms with Crippen molar-refractivity contribution < 1.29 is 14.3 Å². The molecule has 7 heteroatoms. The third-order valence-corrected chi connectivity index (χ3v) is 7.10. The van der Waals surface area contributed by atoms with Crippen LogP contribution in [0.5, 0.6) is 0 Å². The van der Waals surface area contributed by atoms with Crippen molar-refractivity contribution in [3.8, 4) is 6.07 Å². The van der Waals surface area contributed by atoms with Gasteiger partial charge in [0.15, 0.2) is 5.72 Å². The lowest BCUT2D eigenvalue weighted by atomic mass is 9.85. The van der Waals surface area contributed by atoms with Crippen molar-refractivity contribution in [2.75, 3.05) is 12.0 Å². The van der Waals surface area contributed by atoms with E-state index < -0.39 is 11.5 Å². The molecule has 4 nitrogen and oxygen atoms in total. The molecule has 1 amide bonds. The van der Waals surface area contributed by atoms with Crippen LogP contribution in [-0.2, 0) is 10.5 Å². The number of allylic oxidation sites excluding steroid dienone is 1. The Labute approximate surface area is 171 Å². The first-order valence-corrected chi connectivity index (χ1v) is 10.9. The molecular formula is C21H17FN2O2S2. The highest BCUT2D eigenvalue weighted by Gasteiger charge is 2.51. The van der Waals surface area contributed by atoms with Gasteiger partial charge in [0.05, 0.1) is 22.4 Å². The van der Waals surface area contributed by atoms with Crippen molar-refractivity contribution in [3.05, 3.63) is 76.1 Å². The van der Waals surface area contributed by atoms with E-state index in [9.17, 15) is 19.6 Å². The summed E-state index contributed by atoms with van der Waals surface area (Å²) in [5.41, 5.74) is 0.248. The first-order chi connectivity index (χ1) is 13.5. The van der Waals surface area contributed by atoms with Crippen LogP contribution in [0.4, 0.5) is 4.39 Å². The second kappa shape index (κ2) is 7.28. The monoisotopic (exact) mass is 412 g/mol. The first kappa shape index (κ1) is 19.1. The Morgan fingerprint density at radius 1 is 1.25 bits per heavy atom. The van der Waals surface area contributed by atoms with E-state index in [2.05, 4.69) is 6.07 Å². The fourth-order valence-corrected chi connectivity index (χ4v) is 5.44. The van der Waals surface area contributed by atoms with Crippen molar-refractivity contribution in [3.63, 3.8) is 0 Å². The van der Waals surface area contributed by atoms with Gasteiger partial charge in [-0.25, -0.2) is 4.39 Å². The van der Waals surface area contributed by atoms with E-state index in [1.165, 1.54) is 40.9 Å². The summed E-state index contributed by atoms with van der Waals surface area (Å²) in [6.45, 7) is 0. The van der Waals surface area contributed by atoms with E-state index in [0.717, 1.165) is 10.5 Å². The molecule has 0 saturated carbocycles. The molecule has 0 aromatic heterocycles. The number of benzene rings is 2. The molecule has 0 aliphatic carbocycles. The van der Waals surface area contributed by atoms with Crippen LogP contribution in [0.2, 0.25) is 0 Å². The molecular weight excluding hydrogens is 395 g/mol. The van der Waals surface area contributed by atoms with Gasteiger partial charge in [-0.15, -0.1) is 23.5 Å². The van der Waals surface area contributed by atoms with Gasteiger partial charge in [0.25, 0.3) is 0 Å². The molecule has 2 aromatic rings. The highest BCUT2D eigenvalue weighted by Crippen LogP contribution is 2.51. The summed E-state index contributed by atoms with van der Waals surface area (Å²) in [4.78, 5) is 15.5. The summed E-state index contributed by atoms with van der Waals surface area (Å²) in [6.07, 6.45) is 2.10. The van der Waals surface area contributed by atoms with Gasteiger partial charge in [0.2, 0.25) is 5.91 Å². The first-order valence-electron chi connectivity index (χ1n) is 8.70. The maximum Gasteiger partial charge on any atom is 0.231 e. The standard InChI is InChI=1S/C21H17FN2O2S2/c1-27-16-8-2-13(3-9-16)17-10-19(25)24-20(18(17)11-23)28-12-21(24,26)14-4-6-15(22)7-5-14/h2-9,17,26H,10,12H2,1H3/t17-,21+/m0/s1. The molecule has 1 N–H and O–H groups in total. The van der Waals surface area contributed by atoms with Crippen LogP contribution in [0, 0.1) is 17.1 Å². The molecule has 4 rings (SSSR count). The van der Waals surface area contributed by atoms with E-state index in [4.69, 9.17) is 0 Å². The Balaban J connectivity index is 1.77. The van der Waals surface area contributed by atoms with Gasteiger partial charge >= 0.3 is 0 Å². The molecule has 2 aliphatic rings. The number of amides is 1. The number of thioether (sulfide) groups is 2. The lowest BCUT2D eigenvalue weighted by Crippen LogP contribution is -2.48. The van der Waals surface area contributed by atoms with E-state index in [1.54, 1.807) is 11.8 Å². The van der Waals surface area contributed by atoms with Crippen LogP contribution in [-0.4, -0.2) is 27.9 Å². The molecule has 1 saturated heterocycles. The molecule has 2 heterocycles. The SMILES string of the molecule is CSc1ccc([C@@H]2CC(=O)N3C(=C2C#N)SC[C@@]3(O)c2ccc(F)cc2)cc1. The Morgan fingerprint density at radius 3 is 2.54 bits per heavy atom. The van der Waals surface area contributed by atoms with Gasteiger partial charge in [-0.1, -0.05) is 24.3 Å². The third-order valence-electron chi connectivity index (χ3n) is 5.14. The Morgan fingerprint density at radius 2 is 1.93 bits per heavy atom. The summed E-state index contributed by atoms with van der Waals surface area (Å²) < 4.78 is 13.3. The predicted molar refractivity (Wildman–Crippen MR) is 108 cm³/mol. The minimum Gasteiger partial charge on any atom is -0.366 e. The van der Waals surface area contributed by atoms with Crippen LogP contribution in [0.1, 0.15) is 23.5 Å². The zero-order valence-electron chi connectivity index (χ0n) is 15.1. The van der Waals surface area contributed by atoms with Crippen LogP contribution >= 0.6 is 23.5 Å². The zero-order chi connectivity index (χ0) is 19.9. The van der Waals surface area contributed by atoms with Crippen LogP contribution in [0.3, 0.4) is 0 Å². The molecule has 2 aliphatic heterocycles. The molecule has 0 bridgehead atoms. The summed E-state index contributed by atoms with van der Waals surface area (Å²) in [5.74, 6) is -0.791. The summed E-state index contributed by atoms with van der Waals surface area (Å²) in [6, 6.07) is 15.6. The van der Waals surface area contributed by atoms with Crippen molar-refractivity contribution in [1.29, 1.82) is 5.26 Å². The molecule has 142 valence electrons. The minimum atomic E-state index is -1.58. The summed E-state index contributed by atoms with van der Waals surface area (Å²) in [7, 11) is 0. The molecule has 28 heavy (non-hydrogen) atoms. The summed E-state index contributed by atoms with van der Waals surface area (Å²) >= 11 is 2.92. The molecule has 2 aromatic carbocycles. The minimum absolute atomic E-state index is 0.106. The number of carbonyl (C=O) groups excluding carboxylic acids is 1. The van der Waals surface area contributed by atoms with Gasteiger partial charge < -0.3 is 5.11 Å². The van der Waals surface area contributed by atoms with Crippen LogP contribution in [0.15, 0.2) is 64.0 Å².